The summed E-state index contributed by atoms with van der Waals surface area (Å²) >= 11 is 1.37. The Morgan fingerprint density at radius 3 is 2.60 bits per heavy atom. The van der Waals surface area contributed by atoms with Crippen LogP contribution >= 0.6 is 11.8 Å². The Hall–Kier alpha value is -3.00. The fraction of sp³-hybridized carbons (Fsp3) is 0.318. The molecule has 2 aromatic carbocycles. The molecule has 1 aromatic heterocycles. The van der Waals surface area contributed by atoms with Crippen molar-refractivity contribution in [3.8, 4) is 22.9 Å². The molecule has 2 heterocycles. The number of nitrogens with one attached hydrogen (secondary N) is 1. The Balaban J connectivity index is 1.52. The third-order valence-electron chi connectivity index (χ3n) is 4.76. The van der Waals surface area contributed by atoms with Crippen LogP contribution in [0.5, 0.6) is 11.5 Å². The van der Waals surface area contributed by atoms with Gasteiger partial charge in [0.15, 0.2) is 22.5 Å². The van der Waals surface area contributed by atoms with Gasteiger partial charge in [0.2, 0.25) is 5.91 Å². The normalized spacial score (nSPS) is 13.0. The predicted molar refractivity (Wildman–Crippen MR) is 117 cm³/mol. The van der Waals surface area contributed by atoms with Gasteiger partial charge >= 0.3 is 0 Å². The summed E-state index contributed by atoms with van der Waals surface area (Å²) in [6, 6.07) is 13.4. The second-order valence-electron chi connectivity index (χ2n) is 6.92. The van der Waals surface area contributed by atoms with E-state index in [1.54, 1.807) is 0 Å². The number of anilines is 1. The molecule has 0 aliphatic carbocycles. The monoisotopic (exact) mass is 424 g/mol. The number of aryl methyl sites for hydroxylation is 1. The zero-order valence-electron chi connectivity index (χ0n) is 17.1. The lowest BCUT2D eigenvalue weighted by molar-refractivity contribution is -0.113. The third kappa shape index (κ3) is 4.43. The van der Waals surface area contributed by atoms with Crippen LogP contribution in [0.15, 0.2) is 47.6 Å². The van der Waals surface area contributed by atoms with E-state index in [-0.39, 0.29) is 11.7 Å². The highest BCUT2D eigenvalue weighted by molar-refractivity contribution is 7.99. The number of hydrogen-bond donors (Lipinski definition) is 1. The molecule has 3 aromatic rings. The number of carbonyl (C=O) groups excluding carboxylic acids is 1. The fourth-order valence-electron chi connectivity index (χ4n) is 3.28. The number of aromatic nitrogens is 3. The van der Waals surface area contributed by atoms with Crippen molar-refractivity contribution < 1.29 is 14.3 Å². The van der Waals surface area contributed by atoms with Crippen LogP contribution in [-0.2, 0) is 11.3 Å². The lowest BCUT2D eigenvalue weighted by Gasteiger charge is -2.13. The number of benzene rings is 2. The summed E-state index contributed by atoms with van der Waals surface area (Å²) in [6.07, 6.45) is 0.861. The molecule has 7 nitrogen and oxygen atoms in total. The van der Waals surface area contributed by atoms with Gasteiger partial charge in [-0.1, -0.05) is 30.0 Å². The molecule has 1 N–H and O–H groups in total. The van der Waals surface area contributed by atoms with Gasteiger partial charge in [-0.3, -0.25) is 4.79 Å². The molecule has 0 saturated carbocycles. The van der Waals surface area contributed by atoms with Gasteiger partial charge in [-0.25, -0.2) is 0 Å². The lowest BCUT2D eigenvalue weighted by Crippen LogP contribution is -2.14. The molecule has 0 unspecified atom stereocenters. The van der Waals surface area contributed by atoms with Crippen LogP contribution in [-0.4, -0.2) is 39.6 Å². The van der Waals surface area contributed by atoms with Gasteiger partial charge in [-0.2, -0.15) is 0 Å². The Bertz CT molecular complexity index is 1040. The molecule has 0 fully saturated rings. The summed E-state index contributed by atoms with van der Waals surface area (Å²) in [5, 5.41) is 12.4. The smallest absolute Gasteiger partial charge is 0.234 e. The fourth-order valence-corrected chi connectivity index (χ4v) is 4.08. The zero-order chi connectivity index (χ0) is 20.9. The predicted octanol–water partition coefficient (Wildman–Crippen LogP) is 4.17. The van der Waals surface area contributed by atoms with E-state index in [2.05, 4.69) is 15.5 Å². The van der Waals surface area contributed by atoms with Crippen LogP contribution in [0.4, 0.5) is 5.69 Å². The summed E-state index contributed by atoms with van der Waals surface area (Å²) in [7, 11) is 0. The van der Waals surface area contributed by atoms with Crippen molar-refractivity contribution in [1.29, 1.82) is 0 Å². The number of hydrogen-bond acceptors (Lipinski definition) is 6. The number of fused-ring (bicyclic) bond motifs is 1. The van der Waals surface area contributed by atoms with Crippen molar-refractivity contribution in [3.63, 3.8) is 0 Å². The second kappa shape index (κ2) is 9.21. The molecular formula is C22H24N4O3S. The largest absolute Gasteiger partial charge is 0.490 e. The van der Waals surface area contributed by atoms with E-state index in [1.807, 2.05) is 60.9 Å². The molecule has 1 aliphatic rings. The molecule has 0 saturated heterocycles. The Kier molecular flexibility index (Phi) is 6.23. The van der Waals surface area contributed by atoms with Gasteiger partial charge in [-0.05, 0) is 43.7 Å². The molecule has 0 radical (unpaired) electrons. The quantitative estimate of drug-likeness (QED) is 0.599. The van der Waals surface area contributed by atoms with Crippen LogP contribution in [0.25, 0.3) is 11.4 Å². The van der Waals surface area contributed by atoms with Gasteiger partial charge < -0.3 is 19.4 Å². The van der Waals surface area contributed by atoms with E-state index in [0.717, 1.165) is 40.6 Å². The van der Waals surface area contributed by atoms with Gasteiger partial charge in [0, 0.05) is 24.2 Å². The Morgan fingerprint density at radius 1 is 1.13 bits per heavy atom. The minimum Gasteiger partial charge on any atom is -0.490 e. The van der Waals surface area contributed by atoms with Crippen LogP contribution < -0.4 is 14.8 Å². The molecule has 156 valence electrons. The third-order valence-corrected chi connectivity index (χ3v) is 5.73. The van der Waals surface area contributed by atoms with Gasteiger partial charge in [0.25, 0.3) is 0 Å². The highest BCUT2D eigenvalue weighted by Crippen LogP contribution is 2.37. The average molecular weight is 425 g/mol. The van der Waals surface area contributed by atoms with Gasteiger partial charge in [0.1, 0.15) is 0 Å². The van der Waals surface area contributed by atoms with Gasteiger partial charge in [-0.15, -0.1) is 10.2 Å². The second-order valence-corrected chi connectivity index (χ2v) is 7.86. The highest BCUT2D eigenvalue weighted by atomic mass is 32.2. The number of para-hydroxylation sites is 1. The molecule has 30 heavy (non-hydrogen) atoms. The first-order valence-corrected chi connectivity index (χ1v) is 11.0. The molecule has 0 bridgehead atoms. The highest BCUT2D eigenvalue weighted by Gasteiger charge is 2.20. The maximum absolute atomic E-state index is 12.3. The molecular weight excluding hydrogens is 400 g/mol. The van der Waals surface area contributed by atoms with Crippen molar-refractivity contribution in [2.24, 2.45) is 0 Å². The summed E-state index contributed by atoms with van der Waals surface area (Å²) in [5.74, 6) is 2.44. The molecule has 4 rings (SSSR count). The van der Waals surface area contributed by atoms with Crippen molar-refractivity contribution >= 4 is 23.4 Å². The first kappa shape index (κ1) is 20.3. The number of thioether (sulfide) groups is 1. The van der Waals surface area contributed by atoms with Crippen LogP contribution in [0.3, 0.4) is 0 Å². The number of rotatable bonds is 6. The zero-order valence-corrected chi connectivity index (χ0v) is 17.9. The van der Waals surface area contributed by atoms with Crippen LogP contribution in [0.2, 0.25) is 0 Å². The maximum Gasteiger partial charge on any atom is 0.234 e. The SMILES string of the molecule is CCn1c(SCC(=O)Nc2ccccc2)nnc1-c1cc2c(cc1C)OCCCO2. The van der Waals surface area contributed by atoms with Crippen LogP contribution in [0, 0.1) is 6.92 Å². The minimum atomic E-state index is -0.0786. The first-order chi connectivity index (χ1) is 14.7. The lowest BCUT2D eigenvalue weighted by atomic mass is 10.1. The number of carbonyl (C=O) groups is 1. The van der Waals surface area contributed by atoms with Crippen molar-refractivity contribution in [2.45, 2.75) is 32.0 Å². The van der Waals surface area contributed by atoms with E-state index in [9.17, 15) is 4.79 Å². The van der Waals surface area contributed by atoms with E-state index in [4.69, 9.17) is 9.47 Å². The molecule has 0 spiro atoms. The van der Waals surface area contributed by atoms with Crippen molar-refractivity contribution in [1.82, 2.24) is 14.8 Å². The van der Waals surface area contributed by atoms with E-state index in [1.165, 1.54) is 11.8 Å². The summed E-state index contributed by atoms with van der Waals surface area (Å²) in [5.41, 5.74) is 2.78. The summed E-state index contributed by atoms with van der Waals surface area (Å²) in [4.78, 5) is 12.3. The average Bonchev–Trinajstić information content (AvgIpc) is 3.02. The summed E-state index contributed by atoms with van der Waals surface area (Å²) < 4.78 is 13.6. The van der Waals surface area contributed by atoms with Gasteiger partial charge in [0.05, 0.1) is 19.0 Å². The molecule has 1 aliphatic heterocycles. The molecule has 0 atom stereocenters. The topological polar surface area (TPSA) is 78.3 Å². The van der Waals surface area contributed by atoms with Crippen molar-refractivity contribution in [2.75, 3.05) is 24.3 Å². The van der Waals surface area contributed by atoms with Crippen LogP contribution in [0.1, 0.15) is 18.9 Å². The first-order valence-electron chi connectivity index (χ1n) is 9.97. The summed E-state index contributed by atoms with van der Waals surface area (Å²) in [6.45, 7) is 6.05. The minimum absolute atomic E-state index is 0.0786. The number of amides is 1. The molecule has 1 amide bonds. The van der Waals surface area contributed by atoms with E-state index < -0.39 is 0 Å². The Labute approximate surface area is 179 Å². The number of ether oxygens (including phenoxy) is 2. The maximum atomic E-state index is 12.3. The Morgan fingerprint density at radius 2 is 1.87 bits per heavy atom. The standard InChI is InChI=1S/C22H24N4O3S/c1-3-26-21(17-13-19-18(12-15(17)2)28-10-7-11-29-19)24-25-22(26)30-14-20(27)23-16-8-5-4-6-9-16/h4-6,8-9,12-13H,3,7,10-11,14H2,1-2H3,(H,23,27). The van der Waals surface area contributed by atoms with E-state index in [0.29, 0.717) is 24.9 Å². The van der Waals surface area contributed by atoms with Crippen molar-refractivity contribution in [3.05, 3.63) is 48.0 Å². The molecule has 8 heteroatoms. The van der Waals surface area contributed by atoms with E-state index >= 15 is 0 Å². The number of nitrogens with zero attached hydrogens (tertiary/aromatic N) is 3.